The number of aromatic nitrogens is 1. The van der Waals surface area contributed by atoms with Gasteiger partial charge in [0.05, 0.1) is 0 Å². The van der Waals surface area contributed by atoms with Crippen molar-refractivity contribution in [3.05, 3.63) is 42.2 Å². The van der Waals surface area contributed by atoms with E-state index < -0.39 is 0 Å². The lowest BCUT2D eigenvalue weighted by Gasteiger charge is -2.31. The van der Waals surface area contributed by atoms with Crippen LogP contribution >= 0.6 is 0 Å². The van der Waals surface area contributed by atoms with Crippen LogP contribution in [0, 0.1) is 0 Å². The standard InChI is InChI=1S/C13H16N2/c1-2-12-4-5-13(3-1)15(12)10-11-6-8-14-9-7-11/h1-2,6-9,12-13H,3-5,10H2. The van der Waals surface area contributed by atoms with Gasteiger partial charge in [-0.25, -0.2) is 0 Å². The summed E-state index contributed by atoms with van der Waals surface area (Å²) in [6.45, 7) is 1.09. The van der Waals surface area contributed by atoms with Gasteiger partial charge in [-0.15, -0.1) is 0 Å². The maximum absolute atomic E-state index is 4.06. The highest BCUT2D eigenvalue weighted by Crippen LogP contribution is 2.32. The molecule has 2 heteroatoms. The minimum absolute atomic E-state index is 0.692. The van der Waals surface area contributed by atoms with Crippen LogP contribution in [0.5, 0.6) is 0 Å². The summed E-state index contributed by atoms with van der Waals surface area (Å²) in [6, 6.07) is 5.72. The lowest BCUT2D eigenvalue weighted by Crippen LogP contribution is -2.36. The molecule has 2 bridgehead atoms. The predicted molar refractivity (Wildman–Crippen MR) is 60.3 cm³/mol. The Morgan fingerprint density at radius 2 is 2.13 bits per heavy atom. The third-order valence-electron chi connectivity index (χ3n) is 3.57. The van der Waals surface area contributed by atoms with Crippen LogP contribution in [0.1, 0.15) is 24.8 Å². The van der Waals surface area contributed by atoms with Crippen LogP contribution in [0.25, 0.3) is 0 Å². The van der Waals surface area contributed by atoms with Gasteiger partial charge < -0.3 is 0 Å². The van der Waals surface area contributed by atoms with Crippen LogP contribution in [0.2, 0.25) is 0 Å². The normalized spacial score (nSPS) is 29.6. The van der Waals surface area contributed by atoms with E-state index in [-0.39, 0.29) is 0 Å². The first kappa shape index (κ1) is 9.10. The first-order valence-electron chi connectivity index (χ1n) is 5.75. The Morgan fingerprint density at radius 3 is 2.93 bits per heavy atom. The molecule has 0 radical (unpaired) electrons. The molecule has 1 saturated heterocycles. The molecule has 0 saturated carbocycles. The van der Waals surface area contributed by atoms with Crippen molar-refractivity contribution < 1.29 is 0 Å². The van der Waals surface area contributed by atoms with Crippen molar-refractivity contribution >= 4 is 0 Å². The first-order valence-corrected chi connectivity index (χ1v) is 5.75. The molecular formula is C13H16N2. The van der Waals surface area contributed by atoms with Crippen molar-refractivity contribution in [3.63, 3.8) is 0 Å². The second-order valence-electron chi connectivity index (χ2n) is 4.49. The molecule has 1 fully saturated rings. The van der Waals surface area contributed by atoms with Gasteiger partial charge in [0.15, 0.2) is 0 Å². The van der Waals surface area contributed by atoms with Crippen LogP contribution in [-0.4, -0.2) is 22.0 Å². The van der Waals surface area contributed by atoms with E-state index in [0.717, 1.165) is 12.6 Å². The fourth-order valence-electron chi connectivity index (χ4n) is 2.76. The van der Waals surface area contributed by atoms with E-state index >= 15 is 0 Å². The Morgan fingerprint density at radius 1 is 1.27 bits per heavy atom. The second kappa shape index (κ2) is 3.78. The first-order chi connectivity index (χ1) is 7.43. The third-order valence-corrected chi connectivity index (χ3v) is 3.57. The number of fused-ring (bicyclic) bond motifs is 2. The summed E-state index contributed by atoms with van der Waals surface area (Å²) >= 11 is 0. The lowest BCUT2D eigenvalue weighted by molar-refractivity contribution is 0.200. The number of pyridine rings is 1. The molecular weight excluding hydrogens is 184 g/mol. The molecule has 1 aromatic heterocycles. The molecule has 3 rings (SSSR count). The van der Waals surface area contributed by atoms with Gasteiger partial charge in [0.1, 0.15) is 0 Å². The van der Waals surface area contributed by atoms with E-state index in [0.29, 0.717) is 6.04 Å². The highest BCUT2D eigenvalue weighted by molar-refractivity contribution is 5.14. The number of nitrogens with zero attached hydrogens (tertiary/aromatic N) is 2. The van der Waals surface area contributed by atoms with E-state index in [4.69, 9.17) is 0 Å². The van der Waals surface area contributed by atoms with Crippen molar-refractivity contribution in [3.8, 4) is 0 Å². The number of rotatable bonds is 2. The van der Waals surface area contributed by atoms with Crippen LogP contribution in [0.15, 0.2) is 36.7 Å². The molecule has 78 valence electrons. The molecule has 0 spiro atoms. The highest BCUT2D eigenvalue weighted by Gasteiger charge is 2.33. The van der Waals surface area contributed by atoms with Gasteiger partial charge in [-0.05, 0) is 37.0 Å². The minimum Gasteiger partial charge on any atom is -0.289 e. The minimum atomic E-state index is 0.692. The molecule has 3 heterocycles. The molecule has 0 aliphatic carbocycles. The summed E-state index contributed by atoms with van der Waals surface area (Å²) in [6.07, 6.45) is 12.4. The Hall–Kier alpha value is -1.15. The Bertz CT molecular complexity index is 358. The van der Waals surface area contributed by atoms with E-state index in [9.17, 15) is 0 Å². The maximum Gasteiger partial charge on any atom is 0.0285 e. The lowest BCUT2D eigenvalue weighted by atomic mass is 10.1. The van der Waals surface area contributed by atoms with Crippen LogP contribution in [0.3, 0.4) is 0 Å². The fourth-order valence-corrected chi connectivity index (χ4v) is 2.76. The highest BCUT2D eigenvalue weighted by atomic mass is 15.2. The Balaban J connectivity index is 1.77. The molecule has 2 aliphatic rings. The van der Waals surface area contributed by atoms with E-state index in [1.54, 1.807) is 0 Å². The topological polar surface area (TPSA) is 16.1 Å². The summed E-state index contributed by atoms with van der Waals surface area (Å²) in [4.78, 5) is 6.69. The Labute approximate surface area is 90.6 Å². The van der Waals surface area contributed by atoms with Gasteiger partial charge in [0.25, 0.3) is 0 Å². The average molecular weight is 200 g/mol. The molecule has 0 N–H and O–H groups in total. The SMILES string of the molecule is C1=CC2CCC(C1)N2Cc1ccncc1. The quantitative estimate of drug-likeness (QED) is 0.681. The Kier molecular flexibility index (Phi) is 2.29. The van der Waals surface area contributed by atoms with E-state index in [1.165, 1.54) is 24.8 Å². The zero-order valence-corrected chi connectivity index (χ0v) is 8.84. The van der Waals surface area contributed by atoms with Crippen LogP contribution in [0.4, 0.5) is 0 Å². The van der Waals surface area contributed by atoms with E-state index in [1.807, 2.05) is 12.4 Å². The third kappa shape index (κ3) is 1.70. The van der Waals surface area contributed by atoms with Gasteiger partial charge in [0.2, 0.25) is 0 Å². The monoisotopic (exact) mass is 200 g/mol. The van der Waals surface area contributed by atoms with Crippen LogP contribution in [-0.2, 0) is 6.54 Å². The molecule has 2 aliphatic heterocycles. The summed E-state index contributed by atoms with van der Waals surface area (Å²) in [7, 11) is 0. The van der Waals surface area contributed by atoms with Gasteiger partial charge in [-0.1, -0.05) is 12.2 Å². The fraction of sp³-hybridized carbons (Fsp3) is 0.462. The summed E-state index contributed by atoms with van der Waals surface area (Å²) in [5, 5.41) is 0. The largest absolute Gasteiger partial charge is 0.289 e. The summed E-state index contributed by atoms with van der Waals surface area (Å²) < 4.78 is 0. The second-order valence-corrected chi connectivity index (χ2v) is 4.49. The smallest absolute Gasteiger partial charge is 0.0285 e. The zero-order valence-electron chi connectivity index (χ0n) is 8.84. The van der Waals surface area contributed by atoms with Crippen LogP contribution < -0.4 is 0 Å². The van der Waals surface area contributed by atoms with Gasteiger partial charge in [0, 0.05) is 31.0 Å². The summed E-state index contributed by atoms with van der Waals surface area (Å²) in [5.74, 6) is 0. The van der Waals surface area contributed by atoms with E-state index in [2.05, 4.69) is 34.2 Å². The summed E-state index contributed by atoms with van der Waals surface area (Å²) in [5.41, 5.74) is 1.39. The number of hydrogen-bond donors (Lipinski definition) is 0. The van der Waals surface area contributed by atoms with Crippen molar-refractivity contribution in [1.29, 1.82) is 0 Å². The van der Waals surface area contributed by atoms with Crippen molar-refractivity contribution in [2.24, 2.45) is 0 Å². The zero-order chi connectivity index (χ0) is 10.1. The molecule has 2 unspecified atom stereocenters. The van der Waals surface area contributed by atoms with Crippen molar-refractivity contribution in [2.45, 2.75) is 37.9 Å². The molecule has 15 heavy (non-hydrogen) atoms. The molecule has 1 aromatic rings. The van der Waals surface area contributed by atoms with Gasteiger partial charge >= 0.3 is 0 Å². The maximum atomic E-state index is 4.06. The molecule has 0 amide bonds. The van der Waals surface area contributed by atoms with Gasteiger partial charge in [-0.2, -0.15) is 0 Å². The molecule has 2 atom stereocenters. The van der Waals surface area contributed by atoms with Gasteiger partial charge in [-0.3, -0.25) is 9.88 Å². The average Bonchev–Trinajstić information content (AvgIpc) is 2.53. The molecule has 0 aromatic carbocycles. The van der Waals surface area contributed by atoms with Crippen molar-refractivity contribution in [1.82, 2.24) is 9.88 Å². The number of hydrogen-bond acceptors (Lipinski definition) is 2. The predicted octanol–water partition coefficient (Wildman–Crippen LogP) is 2.37. The van der Waals surface area contributed by atoms with Crippen molar-refractivity contribution in [2.75, 3.05) is 0 Å². The molecule has 2 nitrogen and oxygen atoms in total.